The van der Waals surface area contributed by atoms with Gasteiger partial charge >= 0.3 is 5.00 Å². The summed E-state index contributed by atoms with van der Waals surface area (Å²) in [5.74, 6) is 0. The van der Waals surface area contributed by atoms with E-state index in [2.05, 4.69) is 5.32 Å². The summed E-state index contributed by atoms with van der Waals surface area (Å²) in [6, 6.07) is 3.59. The van der Waals surface area contributed by atoms with Gasteiger partial charge in [-0.1, -0.05) is 16.9 Å². The average molecular weight is 226 g/mol. The van der Waals surface area contributed by atoms with Gasteiger partial charge < -0.3 is 5.32 Å². The van der Waals surface area contributed by atoms with E-state index in [-0.39, 0.29) is 16.0 Å². The van der Waals surface area contributed by atoms with Gasteiger partial charge in [0, 0.05) is 17.0 Å². The van der Waals surface area contributed by atoms with Crippen LogP contribution in [0, 0.1) is 10.1 Å². The molecule has 0 aromatic carbocycles. The van der Waals surface area contributed by atoms with Crippen LogP contribution in [0.3, 0.4) is 0 Å². The van der Waals surface area contributed by atoms with Gasteiger partial charge in [-0.25, -0.2) is 0 Å². The lowest BCUT2D eigenvalue weighted by atomic mass is 10.1. The molecule has 0 radical (unpaired) electrons. The van der Waals surface area contributed by atoms with Crippen LogP contribution in [0.2, 0.25) is 0 Å². The summed E-state index contributed by atoms with van der Waals surface area (Å²) in [4.78, 5) is 11.0. The number of nitrogens with one attached hydrogen (secondary N) is 1. The van der Waals surface area contributed by atoms with Crippen molar-refractivity contribution in [3.63, 3.8) is 0 Å². The van der Waals surface area contributed by atoms with Crippen LogP contribution < -0.4 is 5.32 Å². The molecule has 5 heteroatoms. The lowest BCUT2D eigenvalue weighted by Crippen LogP contribution is -2.21. The lowest BCUT2D eigenvalue weighted by Gasteiger charge is -2.09. The fourth-order valence-corrected chi connectivity index (χ4v) is 1.93. The van der Waals surface area contributed by atoms with Crippen LogP contribution >= 0.6 is 11.3 Å². The predicted molar refractivity (Wildman–Crippen MR) is 63.1 cm³/mol. The Morgan fingerprint density at radius 2 is 2.33 bits per heavy atom. The largest absolute Gasteiger partial charge is 0.324 e. The molecule has 0 bridgehead atoms. The topological polar surface area (TPSA) is 55.2 Å². The van der Waals surface area contributed by atoms with Gasteiger partial charge in [0.05, 0.1) is 4.92 Å². The summed E-state index contributed by atoms with van der Waals surface area (Å²) >= 11 is 1.19. The van der Waals surface area contributed by atoms with Crippen molar-refractivity contribution < 1.29 is 4.92 Å². The zero-order valence-corrected chi connectivity index (χ0v) is 9.80. The summed E-state index contributed by atoms with van der Waals surface area (Å²) in [6.07, 6.45) is 1.97. The highest BCUT2D eigenvalue weighted by atomic mass is 32.1. The number of rotatable bonds is 4. The minimum Gasteiger partial charge on any atom is -0.314 e. The number of hydrogen-bond donors (Lipinski definition) is 1. The first-order valence-electron chi connectivity index (χ1n) is 4.64. The van der Waals surface area contributed by atoms with Crippen molar-refractivity contribution in [2.75, 3.05) is 7.05 Å². The summed E-state index contributed by atoms with van der Waals surface area (Å²) in [6.45, 7) is 4.06. The highest BCUT2D eigenvalue weighted by molar-refractivity contribution is 7.16. The van der Waals surface area contributed by atoms with Crippen LogP contribution in [0.15, 0.2) is 17.7 Å². The van der Waals surface area contributed by atoms with E-state index >= 15 is 0 Å². The minimum absolute atomic E-state index is 0.186. The SMILES string of the molecule is CNC(C)/C(C)=C/c1ccc([N+](=O)[O-])s1. The van der Waals surface area contributed by atoms with Crippen LogP contribution in [0.4, 0.5) is 5.00 Å². The molecule has 1 atom stereocenters. The molecule has 1 N–H and O–H groups in total. The zero-order chi connectivity index (χ0) is 11.4. The standard InChI is InChI=1S/C10H14N2O2S/c1-7(8(2)11-3)6-9-4-5-10(15-9)12(13)14/h4-6,8,11H,1-3H3/b7-6+. The second-order valence-electron chi connectivity index (χ2n) is 3.33. The predicted octanol–water partition coefficient (Wildman–Crippen LogP) is 2.67. The molecule has 0 saturated heterocycles. The van der Waals surface area contributed by atoms with Crippen molar-refractivity contribution in [1.82, 2.24) is 5.32 Å². The van der Waals surface area contributed by atoms with Crippen molar-refractivity contribution in [3.8, 4) is 0 Å². The molecule has 1 aromatic heterocycles. The Morgan fingerprint density at radius 1 is 1.67 bits per heavy atom. The zero-order valence-electron chi connectivity index (χ0n) is 8.98. The minimum atomic E-state index is -0.362. The second kappa shape index (κ2) is 5.04. The van der Waals surface area contributed by atoms with Crippen molar-refractivity contribution in [1.29, 1.82) is 0 Å². The van der Waals surface area contributed by atoms with Gasteiger partial charge in [0.15, 0.2) is 0 Å². The molecule has 0 aliphatic rings. The molecule has 1 rings (SSSR count). The highest BCUT2D eigenvalue weighted by Gasteiger charge is 2.09. The van der Waals surface area contributed by atoms with E-state index in [1.807, 2.05) is 27.0 Å². The molecule has 1 heterocycles. The van der Waals surface area contributed by atoms with Crippen molar-refractivity contribution in [3.05, 3.63) is 32.7 Å². The number of nitrogens with zero attached hydrogens (tertiary/aromatic N) is 1. The van der Waals surface area contributed by atoms with E-state index in [4.69, 9.17) is 0 Å². The number of nitro groups is 1. The monoisotopic (exact) mass is 226 g/mol. The fourth-order valence-electron chi connectivity index (χ4n) is 1.09. The number of likely N-dealkylation sites (N-methyl/N-ethyl adjacent to an activating group) is 1. The Morgan fingerprint density at radius 3 is 2.80 bits per heavy atom. The smallest absolute Gasteiger partial charge is 0.314 e. The number of hydrogen-bond acceptors (Lipinski definition) is 4. The van der Waals surface area contributed by atoms with Crippen molar-refractivity contribution in [2.45, 2.75) is 19.9 Å². The second-order valence-corrected chi connectivity index (χ2v) is 4.43. The van der Waals surface area contributed by atoms with E-state index in [0.717, 1.165) is 10.5 Å². The molecule has 0 aliphatic heterocycles. The molecule has 0 amide bonds. The molecule has 82 valence electrons. The van der Waals surface area contributed by atoms with Gasteiger partial charge in [0.2, 0.25) is 0 Å². The Hall–Kier alpha value is -1.20. The van der Waals surface area contributed by atoms with Crippen molar-refractivity contribution >= 4 is 22.4 Å². The van der Waals surface area contributed by atoms with E-state index in [1.165, 1.54) is 17.4 Å². The van der Waals surface area contributed by atoms with Crippen molar-refractivity contribution in [2.24, 2.45) is 0 Å². The Balaban J connectivity index is 2.84. The van der Waals surface area contributed by atoms with Gasteiger partial charge in [0.1, 0.15) is 0 Å². The van der Waals surface area contributed by atoms with Gasteiger partial charge in [-0.15, -0.1) is 0 Å². The Kier molecular flexibility index (Phi) is 3.99. The third kappa shape index (κ3) is 3.14. The molecule has 0 saturated carbocycles. The van der Waals surface area contributed by atoms with E-state index < -0.39 is 0 Å². The lowest BCUT2D eigenvalue weighted by molar-refractivity contribution is -0.380. The summed E-state index contributed by atoms with van der Waals surface area (Å²) in [5, 5.41) is 13.8. The van der Waals surface area contributed by atoms with E-state index in [9.17, 15) is 10.1 Å². The van der Waals surface area contributed by atoms with Crippen LogP contribution in [-0.2, 0) is 0 Å². The molecule has 1 aromatic rings. The van der Waals surface area contributed by atoms with Crippen LogP contribution in [0.25, 0.3) is 6.08 Å². The maximum Gasteiger partial charge on any atom is 0.324 e. The van der Waals surface area contributed by atoms with E-state index in [0.29, 0.717) is 0 Å². The molecule has 1 unspecified atom stereocenters. The molecule has 0 fully saturated rings. The normalized spacial score (nSPS) is 13.9. The molecule has 0 spiro atoms. The molecule has 4 nitrogen and oxygen atoms in total. The molecule has 15 heavy (non-hydrogen) atoms. The third-order valence-electron chi connectivity index (χ3n) is 2.28. The molecular weight excluding hydrogens is 212 g/mol. The summed E-state index contributed by atoms with van der Waals surface area (Å²) < 4.78 is 0. The van der Waals surface area contributed by atoms with Gasteiger partial charge in [-0.05, 0) is 33.0 Å². The van der Waals surface area contributed by atoms with E-state index in [1.54, 1.807) is 6.07 Å². The van der Waals surface area contributed by atoms with Crippen LogP contribution in [-0.4, -0.2) is 18.0 Å². The van der Waals surface area contributed by atoms with Gasteiger partial charge in [-0.2, -0.15) is 0 Å². The van der Waals surface area contributed by atoms with Crippen LogP contribution in [0.5, 0.6) is 0 Å². The molecular formula is C10H14N2O2S. The highest BCUT2D eigenvalue weighted by Crippen LogP contribution is 2.26. The first-order chi connectivity index (χ1) is 7.04. The van der Waals surface area contributed by atoms with Gasteiger partial charge in [-0.3, -0.25) is 10.1 Å². The Bertz CT molecular complexity index is 385. The summed E-state index contributed by atoms with van der Waals surface area (Å²) in [7, 11) is 1.89. The maximum absolute atomic E-state index is 10.5. The Labute approximate surface area is 92.8 Å². The maximum atomic E-state index is 10.5. The first-order valence-corrected chi connectivity index (χ1v) is 5.46. The first kappa shape index (κ1) is 11.9. The number of thiophene rings is 1. The average Bonchev–Trinajstić information content (AvgIpc) is 2.65. The summed E-state index contributed by atoms with van der Waals surface area (Å²) in [5.41, 5.74) is 1.16. The van der Waals surface area contributed by atoms with Gasteiger partial charge in [0.25, 0.3) is 0 Å². The fraction of sp³-hybridized carbons (Fsp3) is 0.400. The van der Waals surface area contributed by atoms with Crippen LogP contribution in [0.1, 0.15) is 18.7 Å². The quantitative estimate of drug-likeness (QED) is 0.634. The third-order valence-corrected chi connectivity index (χ3v) is 3.26. The molecule has 0 aliphatic carbocycles.